The first-order chi connectivity index (χ1) is 7.75. The van der Waals surface area contributed by atoms with Crippen LogP contribution in [0.4, 0.5) is 0 Å². The number of Topliss-reactive ketones (excluding diaryl/α,β-unsaturated/α-hetero) is 1. The van der Waals surface area contributed by atoms with Gasteiger partial charge in [-0.2, -0.15) is 0 Å². The summed E-state index contributed by atoms with van der Waals surface area (Å²) >= 11 is 0. The molecule has 2 rings (SSSR count). The number of aryl methyl sites for hydroxylation is 1. The third kappa shape index (κ3) is 2.91. The minimum Gasteiger partial charge on any atom is -0.294 e. The van der Waals surface area contributed by atoms with E-state index in [0.29, 0.717) is 12.3 Å². The first kappa shape index (κ1) is 11.3. The minimum atomic E-state index is 0.263. The summed E-state index contributed by atoms with van der Waals surface area (Å²) in [5, 5.41) is 0. The molecule has 0 saturated heterocycles. The molecule has 1 aliphatic rings. The number of carbonyl (C=O) groups excluding carboxylic acids is 1. The lowest BCUT2D eigenvalue weighted by Crippen LogP contribution is -2.12. The van der Waals surface area contributed by atoms with E-state index < -0.39 is 0 Å². The molecule has 2 heteroatoms. The number of nitrogens with zero attached hydrogens (tertiary/aromatic N) is 1. The standard InChI is InChI=1S/C14H19NO/c1-11-7-8-13(10-15-11)14(16)9-12-5-3-2-4-6-12/h7-8,10,12H,2-6,9H2,1H3. The molecule has 1 fully saturated rings. The number of hydrogen-bond acceptors (Lipinski definition) is 2. The van der Waals surface area contributed by atoms with Gasteiger partial charge in [-0.3, -0.25) is 9.78 Å². The minimum absolute atomic E-state index is 0.263. The molecule has 1 heterocycles. The van der Waals surface area contributed by atoms with Crippen molar-refractivity contribution in [3.8, 4) is 0 Å². The number of hydrogen-bond donors (Lipinski definition) is 0. The Morgan fingerprint density at radius 3 is 2.69 bits per heavy atom. The molecule has 0 unspecified atom stereocenters. The third-order valence-corrected chi connectivity index (χ3v) is 3.43. The SMILES string of the molecule is Cc1ccc(C(=O)CC2CCCCC2)cn1. The Balaban J connectivity index is 1.94. The van der Waals surface area contributed by atoms with Crippen LogP contribution in [0.1, 0.15) is 54.6 Å². The van der Waals surface area contributed by atoms with E-state index in [1.54, 1.807) is 6.20 Å². The van der Waals surface area contributed by atoms with Gasteiger partial charge >= 0.3 is 0 Å². The molecule has 0 aliphatic heterocycles. The summed E-state index contributed by atoms with van der Waals surface area (Å²) in [6, 6.07) is 3.81. The molecule has 1 aliphatic carbocycles. The van der Waals surface area contributed by atoms with Crippen LogP contribution in [0, 0.1) is 12.8 Å². The number of carbonyl (C=O) groups is 1. The van der Waals surface area contributed by atoms with Crippen molar-refractivity contribution < 1.29 is 4.79 Å². The molecule has 1 saturated carbocycles. The second-order valence-corrected chi connectivity index (χ2v) is 4.82. The number of rotatable bonds is 3. The molecule has 1 aromatic rings. The summed E-state index contributed by atoms with van der Waals surface area (Å²) in [6.07, 6.45) is 8.81. The van der Waals surface area contributed by atoms with Crippen LogP contribution in [-0.2, 0) is 0 Å². The lowest BCUT2D eigenvalue weighted by atomic mass is 9.85. The van der Waals surface area contributed by atoms with E-state index in [1.807, 2.05) is 19.1 Å². The molecule has 0 spiro atoms. The van der Waals surface area contributed by atoms with Gasteiger partial charge in [0.25, 0.3) is 0 Å². The van der Waals surface area contributed by atoms with E-state index in [9.17, 15) is 4.79 Å². The van der Waals surface area contributed by atoms with Crippen molar-refractivity contribution in [2.45, 2.75) is 45.4 Å². The summed E-state index contributed by atoms with van der Waals surface area (Å²) in [5.74, 6) is 0.877. The molecule has 0 radical (unpaired) electrons. The van der Waals surface area contributed by atoms with Crippen molar-refractivity contribution in [1.82, 2.24) is 4.98 Å². The fourth-order valence-corrected chi connectivity index (χ4v) is 2.40. The van der Waals surface area contributed by atoms with Crippen molar-refractivity contribution >= 4 is 5.78 Å². The highest BCUT2D eigenvalue weighted by molar-refractivity contribution is 5.95. The molecule has 0 atom stereocenters. The fourth-order valence-electron chi connectivity index (χ4n) is 2.40. The van der Waals surface area contributed by atoms with Crippen LogP contribution in [0.5, 0.6) is 0 Å². The highest BCUT2D eigenvalue weighted by Crippen LogP contribution is 2.27. The Morgan fingerprint density at radius 1 is 1.31 bits per heavy atom. The maximum absolute atomic E-state index is 12.0. The van der Waals surface area contributed by atoms with Crippen LogP contribution in [0.25, 0.3) is 0 Å². The van der Waals surface area contributed by atoms with Crippen molar-refractivity contribution in [3.63, 3.8) is 0 Å². The molecular weight excluding hydrogens is 198 g/mol. The lowest BCUT2D eigenvalue weighted by Gasteiger charge is -2.20. The van der Waals surface area contributed by atoms with Crippen LogP contribution in [0.3, 0.4) is 0 Å². The Hall–Kier alpha value is -1.18. The van der Waals surface area contributed by atoms with Gasteiger partial charge in [0.05, 0.1) is 0 Å². The molecule has 0 aromatic carbocycles. The van der Waals surface area contributed by atoms with Gasteiger partial charge < -0.3 is 0 Å². The summed E-state index contributed by atoms with van der Waals surface area (Å²) < 4.78 is 0. The average Bonchev–Trinajstić information content (AvgIpc) is 2.31. The zero-order valence-electron chi connectivity index (χ0n) is 9.91. The normalized spacial score (nSPS) is 17.3. The van der Waals surface area contributed by atoms with Crippen molar-refractivity contribution in [3.05, 3.63) is 29.6 Å². The van der Waals surface area contributed by atoms with Gasteiger partial charge in [0, 0.05) is 23.9 Å². The van der Waals surface area contributed by atoms with E-state index in [1.165, 1.54) is 32.1 Å². The van der Waals surface area contributed by atoms with Crippen LogP contribution in [-0.4, -0.2) is 10.8 Å². The summed E-state index contributed by atoms with van der Waals surface area (Å²) in [6.45, 7) is 1.94. The van der Waals surface area contributed by atoms with Gasteiger partial charge in [0.1, 0.15) is 0 Å². The zero-order valence-corrected chi connectivity index (χ0v) is 9.91. The zero-order chi connectivity index (χ0) is 11.4. The number of aromatic nitrogens is 1. The number of pyridine rings is 1. The fraction of sp³-hybridized carbons (Fsp3) is 0.571. The van der Waals surface area contributed by atoms with Crippen molar-refractivity contribution in [2.24, 2.45) is 5.92 Å². The van der Waals surface area contributed by atoms with Crippen LogP contribution < -0.4 is 0 Å². The molecule has 0 N–H and O–H groups in total. The van der Waals surface area contributed by atoms with Crippen molar-refractivity contribution in [2.75, 3.05) is 0 Å². The predicted molar refractivity (Wildman–Crippen MR) is 64.5 cm³/mol. The summed E-state index contributed by atoms with van der Waals surface area (Å²) in [5.41, 5.74) is 1.74. The highest BCUT2D eigenvalue weighted by atomic mass is 16.1. The molecule has 0 amide bonds. The van der Waals surface area contributed by atoms with E-state index in [2.05, 4.69) is 4.98 Å². The van der Waals surface area contributed by atoms with E-state index in [0.717, 1.165) is 11.3 Å². The summed E-state index contributed by atoms with van der Waals surface area (Å²) in [7, 11) is 0. The Morgan fingerprint density at radius 2 is 2.06 bits per heavy atom. The monoisotopic (exact) mass is 217 g/mol. The van der Waals surface area contributed by atoms with Crippen LogP contribution >= 0.6 is 0 Å². The predicted octanol–water partition coefficient (Wildman–Crippen LogP) is 3.54. The van der Waals surface area contributed by atoms with Gasteiger partial charge in [-0.25, -0.2) is 0 Å². The topological polar surface area (TPSA) is 30.0 Å². The average molecular weight is 217 g/mol. The third-order valence-electron chi connectivity index (χ3n) is 3.43. The Bertz CT molecular complexity index is 350. The second kappa shape index (κ2) is 5.24. The Labute approximate surface area is 97.1 Å². The molecule has 16 heavy (non-hydrogen) atoms. The smallest absolute Gasteiger partial charge is 0.164 e. The van der Waals surface area contributed by atoms with E-state index in [-0.39, 0.29) is 5.78 Å². The van der Waals surface area contributed by atoms with Crippen LogP contribution in [0.2, 0.25) is 0 Å². The van der Waals surface area contributed by atoms with Gasteiger partial charge in [-0.15, -0.1) is 0 Å². The molecule has 1 aromatic heterocycles. The van der Waals surface area contributed by atoms with E-state index >= 15 is 0 Å². The maximum Gasteiger partial charge on any atom is 0.164 e. The number of ketones is 1. The second-order valence-electron chi connectivity index (χ2n) is 4.82. The molecule has 2 nitrogen and oxygen atoms in total. The van der Waals surface area contributed by atoms with E-state index in [4.69, 9.17) is 0 Å². The first-order valence-electron chi connectivity index (χ1n) is 6.21. The highest BCUT2D eigenvalue weighted by Gasteiger charge is 2.17. The Kier molecular flexibility index (Phi) is 3.70. The molecule has 0 bridgehead atoms. The quantitative estimate of drug-likeness (QED) is 0.725. The largest absolute Gasteiger partial charge is 0.294 e. The van der Waals surface area contributed by atoms with Gasteiger partial charge in [-0.1, -0.05) is 32.1 Å². The van der Waals surface area contributed by atoms with Gasteiger partial charge in [0.2, 0.25) is 0 Å². The van der Waals surface area contributed by atoms with Crippen LogP contribution in [0.15, 0.2) is 18.3 Å². The molecular formula is C14H19NO. The first-order valence-corrected chi connectivity index (χ1v) is 6.21. The van der Waals surface area contributed by atoms with Gasteiger partial charge in [0.15, 0.2) is 5.78 Å². The van der Waals surface area contributed by atoms with Gasteiger partial charge in [-0.05, 0) is 25.0 Å². The van der Waals surface area contributed by atoms with Crippen molar-refractivity contribution in [1.29, 1.82) is 0 Å². The summed E-state index contributed by atoms with van der Waals surface area (Å²) in [4.78, 5) is 16.2. The maximum atomic E-state index is 12.0. The molecule has 86 valence electrons. The lowest BCUT2D eigenvalue weighted by molar-refractivity contribution is 0.0950.